The molecule has 1 heterocycles. The number of halogens is 1. The Labute approximate surface area is 97.0 Å². The summed E-state index contributed by atoms with van der Waals surface area (Å²) in [4.78, 5) is 4.20. The lowest BCUT2D eigenvalue weighted by molar-refractivity contribution is 0.143. The number of aliphatic hydroxyl groups excluding tert-OH is 1. The van der Waals surface area contributed by atoms with Crippen molar-refractivity contribution in [2.24, 2.45) is 0 Å². The van der Waals surface area contributed by atoms with Crippen LogP contribution >= 0.6 is 15.9 Å². The van der Waals surface area contributed by atoms with Crippen LogP contribution in [-0.4, -0.2) is 22.2 Å². The van der Waals surface area contributed by atoms with Gasteiger partial charge in [-0.15, -0.1) is 0 Å². The summed E-state index contributed by atoms with van der Waals surface area (Å²) in [5.74, 6) is 0.748. The van der Waals surface area contributed by atoms with Crippen molar-refractivity contribution < 1.29 is 5.11 Å². The van der Waals surface area contributed by atoms with E-state index in [4.69, 9.17) is 5.73 Å². The second-order valence-electron chi connectivity index (χ2n) is 4.02. The fraction of sp³-hybridized carbons (Fsp3) is 0.500. The van der Waals surface area contributed by atoms with Gasteiger partial charge in [-0.25, -0.2) is 4.98 Å². The fourth-order valence-corrected chi connectivity index (χ4v) is 2.19. The molecule has 1 aromatic rings. The van der Waals surface area contributed by atoms with E-state index >= 15 is 0 Å². The lowest BCUT2D eigenvalue weighted by atomic mass is 9.77. The molecule has 0 unspecified atom stereocenters. The van der Waals surface area contributed by atoms with Gasteiger partial charge < -0.3 is 16.2 Å². The van der Waals surface area contributed by atoms with E-state index in [1.165, 1.54) is 0 Å². The maximum Gasteiger partial charge on any atom is 0.140 e. The SMILES string of the molecule is Nc1cnc(NC2(CO)CCC2)c(Br)c1. The highest BCUT2D eigenvalue weighted by molar-refractivity contribution is 9.10. The van der Waals surface area contributed by atoms with Crippen LogP contribution in [0.4, 0.5) is 11.5 Å². The van der Waals surface area contributed by atoms with Gasteiger partial charge in [0.15, 0.2) is 0 Å². The first-order chi connectivity index (χ1) is 7.15. The van der Waals surface area contributed by atoms with Crippen molar-refractivity contribution in [2.75, 3.05) is 17.7 Å². The molecule has 0 atom stereocenters. The van der Waals surface area contributed by atoms with Gasteiger partial charge in [0.2, 0.25) is 0 Å². The van der Waals surface area contributed by atoms with Crippen molar-refractivity contribution in [3.05, 3.63) is 16.7 Å². The van der Waals surface area contributed by atoms with Gasteiger partial charge in [-0.05, 0) is 41.3 Å². The molecule has 1 saturated carbocycles. The third-order valence-electron chi connectivity index (χ3n) is 2.86. The Balaban J connectivity index is 2.16. The van der Waals surface area contributed by atoms with Gasteiger partial charge in [0, 0.05) is 0 Å². The molecule has 1 aliphatic rings. The fourth-order valence-electron chi connectivity index (χ4n) is 1.72. The standard InChI is InChI=1S/C10H14BrN3O/c11-8-4-7(12)5-13-9(8)14-10(6-15)2-1-3-10/h4-5,15H,1-3,6,12H2,(H,13,14). The van der Waals surface area contributed by atoms with E-state index < -0.39 is 0 Å². The molecule has 0 amide bonds. The molecule has 0 radical (unpaired) electrons. The Morgan fingerprint density at radius 2 is 2.33 bits per heavy atom. The van der Waals surface area contributed by atoms with Gasteiger partial charge in [0.25, 0.3) is 0 Å². The predicted octanol–water partition coefficient (Wildman–Crippen LogP) is 1.75. The first-order valence-electron chi connectivity index (χ1n) is 4.95. The summed E-state index contributed by atoms with van der Waals surface area (Å²) in [7, 11) is 0. The normalized spacial score (nSPS) is 18.3. The third-order valence-corrected chi connectivity index (χ3v) is 3.46. The van der Waals surface area contributed by atoms with Gasteiger partial charge in [-0.2, -0.15) is 0 Å². The molecule has 1 aromatic heterocycles. The monoisotopic (exact) mass is 271 g/mol. The molecule has 0 bridgehead atoms. The van der Waals surface area contributed by atoms with Crippen molar-refractivity contribution in [1.29, 1.82) is 0 Å². The number of aromatic nitrogens is 1. The van der Waals surface area contributed by atoms with Crippen LogP contribution < -0.4 is 11.1 Å². The van der Waals surface area contributed by atoms with Crippen LogP contribution in [-0.2, 0) is 0 Å². The Bertz CT molecular complexity index is 360. The number of anilines is 2. The minimum atomic E-state index is -0.175. The molecule has 15 heavy (non-hydrogen) atoms. The number of hydrogen-bond donors (Lipinski definition) is 3. The Morgan fingerprint density at radius 3 is 2.80 bits per heavy atom. The van der Waals surface area contributed by atoms with Crippen LogP contribution in [0.25, 0.3) is 0 Å². The summed E-state index contributed by atoms with van der Waals surface area (Å²) in [5, 5.41) is 12.6. The number of pyridine rings is 1. The van der Waals surface area contributed by atoms with Gasteiger partial charge in [-0.3, -0.25) is 0 Å². The first-order valence-corrected chi connectivity index (χ1v) is 5.75. The lowest BCUT2D eigenvalue weighted by Crippen LogP contribution is -2.48. The minimum Gasteiger partial charge on any atom is -0.397 e. The van der Waals surface area contributed by atoms with E-state index in [1.807, 2.05) is 0 Å². The second-order valence-corrected chi connectivity index (χ2v) is 4.87. The molecular weight excluding hydrogens is 258 g/mol. The van der Waals surface area contributed by atoms with Crippen LogP contribution in [0.1, 0.15) is 19.3 Å². The van der Waals surface area contributed by atoms with Crippen LogP contribution in [0.5, 0.6) is 0 Å². The molecule has 4 N–H and O–H groups in total. The average molecular weight is 272 g/mol. The smallest absolute Gasteiger partial charge is 0.140 e. The maximum atomic E-state index is 9.31. The summed E-state index contributed by atoms with van der Waals surface area (Å²) < 4.78 is 0.835. The van der Waals surface area contributed by atoms with Crippen LogP contribution in [0.3, 0.4) is 0 Å². The summed E-state index contributed by atoms with van der Waals surface area (Å²) in [6.45, 7) is 0.144. The molecule has 0 aliphatic heterocycles. The Kier molecular flexibility index (Phi) is 2.84. The molecular formula is C10H14BrN3O. The summed E-state index contributed by atoms with van der Waals surface area (Å²) in [6, 6.07) is 1.80. The van der Waals surface area contributed by atoms with Crippen molar-refractivity contribution in [3.8, 4) is 0 Å². The molecule has 5 heteroatoms. The minimum absolute atomic E-state index is 0.144. The molecule has 1 aliphatic carbocycles. The predicted molar refractivity (Wildman–Crippen MR) is 63.6 cm³/mol. The maximum absolute atomic E-state index is 9.31. The highest BCUT2D eigenvalue weighted by Gasteiger charge is 2.36. The summed E-state index contributed by atoms with van der Waals surface area (Å²) in [5.41, 5.74) is 6.05. The average Bonchev–Trinajstić information content (AvgIpc) is 2.14. The van der Waals surface area contributed by atoms with E-state index in [9.17, 15) is 5.11 Å². The van der Waals surface area contributed by atoms with Crippen LogP contribution in [0.15, 0.2) is 16.7 Å². The number of rotatable bonds is 3. The molecule has 0 aromatic carbocycles. The first kappa shape index (κ1) is 10.7. The van der Waals surface area contributed by atoms with Crippen molar-refractivity contribution in [2.45, 2.75) is 24.8 Å². The van der Waals surface area contributed by atoms with Gasteiger partial charge in [0.05, 0.1) is 28.5 Å². The van der Waals surface area contributed by atoms with E-state index in [-0.39, 0.29) is 12.1 Å². The van der Waals surface area contributed by atoms with Gasteiger partial charge >= 0.3 is 0 Å². The molecule has 1 fully saturated rings. The van der Waals surface area contributed by atoms with E-state index in [1.54, 1.807) is 12.3 Å². The summed E-state index contributed by atoms with van der Waals surface area (Å²) >= 11 is 3.40. The molecule has 4 nitrogen and oxygen atoms in total. The lowest BCUT2D eigenvalue weighted by Gasteiger charge is -2.41. The number of aliphatic hydroxyl groups is 1. The third kappa shape index (κ3) is 2.08. The zero-order valence-electron chi connectivity index (χ0n) is 8.33. The summed E-state index contributed by atoms with van der Waals surface area (Å²) in [6.07, 6.45) is 4.74. The number of nitrogens with one attached hydrogen (secondary N) is 1. The molecule has 82 valence electrons. The Morgan fingerprint density at radius 1 is 1.60 bits per heavy atom. The number of nitrogens with zero attached hydrogens (tertiary/aromatic N) is 1. The second kappa shape index (κ2) is 3.98. The highest BCUT2D eigenvalue weighted by Crippen LogP contribution is 2.36. The van der Waals surface area contributed by atoms with Crippen LogP contribution in [0.2, 0.25) is 0 Å². The highest BCUT2D eigenvalue weighted by atomic mass is 79.9. The number of nitrogens with two attached hydrogens (primary N) is 1. The Hall–Kier alpha value is -0.810. The molecule has 2 rings (SSSR count). The quantitative estimate of drug-likeness (QED) is 0.784. The molecule has 0 spiro atoms. The zero-order valence-corrected chi connectivity index (χ0v) is 9.92. The van der Waals surface area contributed by atoms with E-state index in [2.05, 4.69) is 26.2 Å². The van der Waals surface area contributed by atoms with Crippen molar-refractivity contribution >= 4 is 27.4 Å². The topological polar surface area (TPSA) is 71.2 Å². The van der Waals surface area contributed by atoms with Crippen molar-refractivity contribution in [3.63, 3.8) is 0 Å². The zero-order chi connectivity index (χ0) is 10.9. The largest absolute Gasteiger partial charge is 0.397 e. The van der Waals surface area contributed by atoms with E-state index in [0.717, 1.165) is 29.6 Å². The van der Waals surface area contributed by atoms with E-state index in [0.29, 0.717) is 5.69 Å². The van der Waals surface area contributed by atoms with Gasteiger partial charge in [0.1, 0.15) is 5.82 Å². The number of hydrogen-bond acceptors (Lipinski definition) is 4. The van der Waals surface area contributed by atoms with Crippen LogP contribution in [0, 0.1) is 0 Å². The molecule has 0 saturated heterocycles. The van der Waals surface area contributed by atoms with Gasteiger partial charge in [-0.1, -0.05) is 0 Å². The van der Waals surface area contributed by atoms with Crippen molar-refractivity contribution in [1.82, 2.24) is 4.98 Å². The number of nitrogen functional groups attached to an aromatic ring is 1.